The normalized spacial score (nSPS) is 24.1. The number of nitro groups is 1. The van der Waals surface area contributed by atoms with Crippen LogP contribution in [-0.4, -0.2) is 90.2 Å². The molecule has 15 heteroatoms. The number of imide groups is 1. The van der Waals surface area contributed by atoms with Gasteiger partial charge in [0.05, 0.1) is 34.2 Å². The number of hydrogen-bond donors (Lipinski definition) is 5. The van der Waals surface area contributed by atoms with Crippen LogP contribution in [-0.2, 0) is 27.3 Å². The number of hydrogen-bond acceptors (Lipinski definition) is 12. The van der Waals surface area contributed by atoms with Gasteiger partial charge in [0.2, 0.25) is 5.78 Å². The van der Waals surface area contributed by atoms with Crippen LogP contribution in [0.5, 0.6) is 5.75 Å². The molecule has 4 aliphatic rings. The number of nitrogens with zero attached hydrogens (tertiary/aromatic N) is 3. The Kier molecular flexibility index (Phi) is 7.47. The number of benzene rings is 3. The molecule has 0 radical (unpaired) electrons. The average Bonchev–Trinajstić information content (AvgIpc) is 3.32. The number of carbonyl (C=O) groups excluding carboxylic acids is 5. The molecule has 0 spiro atoms. The first-order chi connectivity index (χ1) is 24.1. The van der Waals surface area contributed by atoms with Crippen molar-refractivity contribution in [2.24, 2.45) is 17.6 Å². The van der Waals surface area contributed by atoms with Crippen molar-refractivity contribution in [3.8, 4) is 16.9 Å². The molecule has 4 atom stereocenters. The number of likely N-dealkylation sites (N-methyl/N-ethyl adjacent to an activating group) is 1. The first kappa shape index (κ1) is 33.3. The highest BCUT2D eigenvalue weighted by atomic mass is 16.6. The van der Waals surface area contributed by atoms with Crippen molar-refractivity contribution in [3.05, 3.63) is 109 Å². The largest absolute Gasteiger partial charge is 0.508 e. The third-order valence-corrected chi connectivity index (χ3v) is 10.4. The smallest absolute Gasteiger partial charge is 0.270 e. The van der Waals surface area contributed by atoms with Crippen molar-refractivity contribution < 1.29 is 49.3 Å². The summed E-state index contributed by atoms with van der Waals surface area (Å²) in [5.74, 6) is -9.61. The number of rotatable bonds is 6. The van der Waals surface area contributed by atoms with Crippen molar-refractivity contribution in [3.63, 3.8) is 0 Å². The predicted octanol–water partition coefficient (Wildman–Crippen LogP) is 2.34. The summed E-state index contributed by atoms with van der Waals surface area (Å²) >= 11 is 0. The van der Waals surface area contributed by atoms with E-state index in [9.17, 15) is 54.5 Å². The number of non-ortho nitro benzene ring substituents is 1. The molecule has 1 heterocycles. The molecule has 1 fully saturated rings. The van der Waals surface area contributed by atoms with Gasteiger partial charge in [0, 0.05) is 29.2 Å². The molecule has 3 aromatic rings. The first-order valence-electron chi connectivity index (χ1n) is 15.8. The Labute approximate surface area is 288 Å². The Morgan fingerprint density at radius 3 is 2.24 bits per heavy atom. The minimum absolute atomic E-state index is 0.0510. The maximum Gasteiger partial charge on any atom is 0.270 e. The van der Waals surface area contributed by atoms with E-state index in [0.29, 0.717) is 0 Å². The summed E-state index contributed by atoms with van der Waals surface area (Å²) in [4.78, 5) is 80.1. The molecule has 0 bridgehead atoms. The zero-order valence-electron chi connectivity index (χ0n) is 27.1. The van der Waals surface area contributed by atoms with Gasteiger partial charge in [-0.1, -0.05) is 24.3 Å². The van der Waals surface area contributed by atoms with Gasteiger partial charge in [0.1, 0.15) is 22.8 Å². The molecule has 1 aliphatic heterocycles. The third-order valence-electron chi connectivity index (χ3n) is 10.4. The molecule has 51 heavy (non-hydrogen) atoms. The second-order valence-electron chi connectivity index (χ2n) is 13.3. The Morgan fingerprint density at radius 1 is 1.00 bits per heavy atom. The Balaban J connectivity index is 1.44. The molecule has 6 N–H and O–H groups in total. The number of aliphatic hydroxyl groups excluding tert-OH is 2. The minimum Gasteiger partial charge on any atom is -0.508 e. The maximum absolute atomic E-state index is 14.4. The number of carbonyl (C=O) groups is 5. The quantitative estimate of drug-likeness (QED) is 0.108. The molecular formula is C36H30N4O11. The summed E-state index contributed by atoms with van der Waals surface area (Å²) in [5, 5.41) is 58.5. The summed E-state index contributed by atoms with van der Waals surface area (Å²) in [7, 11) is 2.98. The maximum atomic E-state index is 14.4. The fraction of sp³-hybridized carbons (Fsp3) is 0.250. The number of ketones is 2. The van der Waals surface area contributed by atoms with E-state index in [0.717, 1.165) is 4.90 Å². The van der Waals surface area contributed by atoms with Crippen LogP contribution in [0.15, 0.2) is 71.5 Å². The minimum atomic E-state index is -2.86. The SMILES string of the molecule is CN(C)[C@H]1C(=O)C(C(N)=O)=C(O)[C@]2(O)C(=O)C3=C(O)c4c(O)c(CN5C(=O)c6ccccc6C5=O)cc(-c5cccc([N+](=O)[O-])c5)c4C[C@@H]3C[C@H]12. The summed E-state index contributed by atoms with van der Waals surface area (Å²) < 4.78 is 0. The van der Waals surface area contributed by atoms with E-state index in [1.165, 1.54) is 55.4 Å². The molecule has 3 aliphatic carbocycles. The second kappa shape index (κ2) is 11.4. The van der Waals surface area contributed by atoms with Gasteiger partial charge in [0.25, 0.3) is 23.4 Å². The molecular weight excluding hydrogens is 664 g/mol. The fourth-order valence-electron chi connectivity index (χ4n) is 8.09. The van der Waals surface area contributed by atoms with Crippen LogP contribution in [0.25, 0.3) is 16.9 Å². The van der Waals surface area contributed by atoms with Gasteiger partial charge in [-0.2, -0.15) is 0 Å². The number of phenolic OH excluding ortho intramolecular Hbond substituents is 1. The Morgan fingerprint density at radius 2 is 1.65 bits per heavy atom. The van der Waals surface area contributed by atoms with E-state index in [2.05, 4.69) is 0 Å². The standard InChI is InChI=1S/C36H30N4O11/c1-38(2)27-23-13-16-11-22-21(15-6-5-7-18(10-15)40(50)51)12-17(14-39-34(47)19-8-3-4-9-20(19)35(39)48)28(41)25(22)29(42)24(16)31(44)36(23,49)32(45)26(30(27)43)33(37)46/h3-10,12,16,23,27,41-42,45,49H,11,13-14H2,1-2H3,(H2,37,46)/t16-,23-,27-,36-/m1/s1. The molecule has 0 aromatic heterocycles. The van der Waals surface area contributed by atoms with Gasteiger partial charge in [-0.05, 0) is 67.7 Å². The van der Waals surface area contributed by atoms with Crippen molar-refractivity contribution in [1.82, 2.24) is 9.80 Å². The average molecular weight is 695 g/mol. The molecule has 260 valence electrons. The Bertz CT molecular complexity index is 2200. The highest BCUT2D eigenvalue weighted by Gasteiger charge is 2.64. The fourth-order valence-corrected chi connectivity index (χ4v) is 8.09. The second-order valence-corrected chi connectivity index (χ2v) is 13.3. The van der Waals surface area contributed by atoms with Gasteiger partial charge in [-0.15, -0.1) is 0 Å². The van der Waals surface area contributed by atoms with Crippen LogP contribution in [0, 0.1) is 22.0 Å². The number of nitro benzene ring substituents is 1. The van der Waals surface area contributed by atoms with Gasteiger partial charge < -0.3 is 26.2 Å². The van der Waals surface area contributed by atoms with Crippen LogP contribution < -0.4 is 5.73 Å². The molecule has 3 amide bonds. The van der Waals surface area contributed by atoms with Gasteiger partial charge in [-0.25, -0.2) is 0 Å². The molecule has 15 nitrogen and oxygen atoms in total. The first-order valence-corrected chi connectivity index (χ1v) is 15.8. The predicted molar refractivity (Wildman–Crippen MR) is 177 cm³/mol. The number of phenols is 1. The van der Waals surface area contributed by atoms with Gasteiger partial charge in [0.15, 0.2) is 11.4 Å². The lowest BCUT2D eigenvalue weighted by Crippen LogP contribution is -2.65. The molecule has 0 unspecified atom stereocenters. The zero-order valence-corrected chi connectivity index (χ0v) is 27.1. The summed E-state index contributed by atoms with van der Waals surface area (Å²) in [5.41, 5.74) is 1.69. The number of fused-ring (bicyclic) bond motifs is 4. The highest BCUT2D eigenvalue weighted by molar-refractivity contribution is 6.24. The molecule has 1 saturated carbocycles. The highest BCUT2D eigenvalue weighted by Crippen LogP contribution is 2.54. The van der Waals surface area contributed by atoms with E-state index >= 15 is 0 Å². The lowest BCUT2D eigenvalue weighted by atomic mass is 9.57. The van der Waals surface area contributed by atoms with E-state index in [-0.39, 0.29) is 57.5 Å². The molecule has 7 rings (SSSR count). The van der Waals surface area contributed by atoms with E-state index in [1.807, 2.05) is 0 Å². The topological polar surface area (TPSA) is 242 Å². The van der Waals surface area contributed by atoms with Crippen molar-refractivity contribution in [2.45, 2.75) is 31.0 Å². The summed E-state index contributed by atoms with van der Waals surface area (Å²) in [6, 6.07) is 11.8. The molecule has 3 aromatic carbocycles. The number of aliphatic hydroxyl groups is 3. The monoisotopic (exact) mass is 694 g/mol. The van der Waals surface area contributed by atoms with Crippen molar-refractivity contribution in [1.29, 1.82) is 0 Å². The van der Waals surface area contributed by atoms with Crippen LogP contribution in [0.2, 0.25) is 0 Å². The van der Waals surface area contributed by atoms with Crippen molar-refractivity contribution in [2.75, 3.05) is 14.1 Å². The number of primary amides is 1. The lowest BCUT2D eigenvalue weighted by Gasteiger charge is -2.50. The van der Waals surface area contributed by atoms with Gasteiger partial charge in [-0.3, -0.25) is 43.9 Å². The lowest BCUT2D eigenvalue weighted by molar-refractivity contribution is -0.384. The Hall–Kier alpha value is -6.19. The van der Waals surface area contributed by atoms with Crippen LogP contribution >= 0.6 is 0 Å². The third kappa shape index (κ3) is 4.62. The molecule has 0 saturated heterocycles. The van der Waals surface area contributed by atoms with Gasteiger partial charge >= 0.3 is 0 Å². The van der Waals surface area contributed by atoms with Crippen LogP contribution in [0.4, 0.5) is 5.69 Å². The summed E-state index contributed by atoms with van der Waals surface area (Å²) in [6.45, 7) is -0.489. The number of aromatic hydroxyl groups is 1. The number of Topliss-reactive ketones (excluding diaryl/α,β-unsaturated/α-hetero) is 2. The van der Waals surface area contributed by atoms with Crippen molar-refractivity contribution >= 4 is 40.7 Å². The number of amides is 3. The zero-order chi connectivity index (χ0) is 36.8. The van der Waals surface area contributed by atoms with E-state index in [4.69, 9.17) is 5.73 Å². The van der Waals surface area contributed by atoms with E-state index < -0.39 is 92.6 Å². The number of nitrogens with two attached hydrogens (primary N) is 1. The summed E-state index contributed by atoms with van der Waals surface area (Å²) in [6.07, 6.45) is -0.259. The van der Waals surface area contributed by atoms with Crippen LogP contribution in [0.1, 0.15) is 43.8 Å². The van der Waals surface area contributed by atoms with E-state index in [1.54, 1.807) is 18.2 Å². The van der Waals surface area contributed by atoms with Crippen LogP contribution in [0.3, 0.4) is 0 Å².